The van der Waals surface area contributed by atoms with Crippen LogP contribution in [0.15, 0.2) is 36.5 Å². The minimum atomic E-state index is -4.72. The van der Waals surface area contributed by atoms with E-state index in [1.807, 2.05) is 0 Å². The number of carboxylic acid groups (broad SMARTS) is 1. The van der Waals surface area contributed by atoms with Crippen LogP contribution in [0.5, 0.6) is 0 Å². The van der Waals surface area contributed by atoms with Gasteiger partial charge in [0, 0.05) is 28.0 Å². The Kier molecular flexibility index (Phi) is 5.36. The Morgan fingerprint density at radius 3 is 2.74 bits per heavy atom. The Morgan fingerprint density at radius 1 is 1.33 bits per heavy atom. The number of hydrogen-bond donors (Lipinski definition) is 2. The number of fused-ring (bicyclic) bond motifs is 1. The summed E-state index contributed by atoms with van der Waals surface area (Å²) >= 11 is 11.2. The Bertz CT molecular complexity index is 907. The molecule has 0 amide bonds. The molecule has 2 aromatic rings. The van der Waals surface area contributed by atoms with Gasteiger partial charge in [-0.25, -0.2) is 0 Å². The summed E-state index contributed by atoms with van der Waals surface area (Å²) in [5.74, 6) is -1.20. The van der Waals surface area contributed by atoms with Gasteiger partial charge in [-0.15, -0.1) is 0 Å². The molecule has 2 heterocycles. The summed E-state index contributed by atoms with van der Waals surface area (Å²) in [7, 11) is 0. The largest absolute Gasteiger partial charge is 0.481 e. The van der Waals surface area contributed by atoms with Crippen LogP contribution >= 0.6 is 23.8 Å². The van der Waals surface area contributed by atoms with Gasteiger partial charge in [-0.1, -0.05) is 29.9 Å². The van der Waals surface area contributed by atoms with Crippen LogP contribution in [-0.2, 0) is 15.7 Å². The zero-order valence-corrected chi connectivity index (χ0v) is 15.0. The molecule has 0 saturated heterocycles. The molecular formula is C17H12ClF3N2O3S. The molecule has 0 aliphatic carbocycles. The summed E-state index contributed by atoms with van der Waals surface area (Å²) in [4.78, 5) is 14.6. The minimum absolute atomic E-state index is 0.0564. The van der Waals surface area contributed by atoms with E-state index in [1.165, 1.54) is 18.2 Å². The topological polar surface area (TPSA) is 71.5 Å². The van der Waals surface area contributed by atoms with Gasteiger partial charge in [0.15, 0.2) is 5.69 Å². The zero-order valence-electron chi connectivity index (χ0n) is 13.5. The maximum atomic E-state index is 13.5. The highest BCUT2D eigenvalue weighted by Crippen LogP contribution is 2.41. The van der Waals surface area contributed by atoms with Crippen molar-refractivity contribution in [1.29, 1.82) is 0 Å². The van der Waals surface area contributed by atoms with E-state index in [4.69, 9.17) is 33.7 Å². The number of ether oxygens (including phenoxy) is 1. The summed E-state index contributed by atoms with van der Waals surface area (Å²) in [6.45, 7) is 0. The van der Waals surface area contributed by atoms with E-state index >= 15 is 0 Å². The predicted molar refractivity (Wildman–Crippen MR) is 95.9 cm³/mol. The molecule has 3 rings (SSSR count). The number of hydrogen-bond acceptors (Lipinski definition) is 4. The highest BCUT2D eigenvalue weighted by atomic mass is 35.5. The van der Waals surface area contributed by atoms with Gasteiger partial charge < -0.3 is 15.2 Å². The fourth-order valence-electron chi connectivity index (χ4n) is 2.78. The van der Waals surface area contributed by atoms with Crippen molar-refractivity contribution in [2.45, 2.75) is 24.8 Å². The van der Waals surface area contributed by atoms with Gasteiger partial charge in [-0.3, -0.25) is 9.78 Å². The molecule has 142 valence electrons. The van der Waals surface area contributed by atoms with E-state index in [-0.39, 0.29) is 15.6 Å². The molecule has 1 aromatic heterocycles. The monoisotopic (exact) mass is 416 g/mol. The standard InChI is InChI=1S/C17H12ClF3N2O3S/c18-8-3-4-11-10(6-8)14(26-12(7-13(24)25)16(27)23-11)9-2-1-5-22-15(9)17(19,20)21/h1-6,12,14H,7H2,(H,23,27)(H,24,25)/t12-,14-/m0/s1. The number of nitrogens with one attached hydrogen (secondary N) is 1. The number of alkyl halides is 3. The third-order valence-electron chi connectivity index (χ3n) is 3.90. The van der Waals surface area contributed by atoms with Gasteiger partial charge in [-0.05, 0) is 24.3 Å². The number of nitrogens with zero attached hydrogens (tertiary/aromatic N) is 1. The molecule has 1 aliphatic rings. The van der Waals surface area contributed by atoms with Crippen molar-refractivity contribution in [2.24, 2.45) is 0 Å². The van der Waals surface area contributed by atoms with Crippen LogP contribution in [-0.4, -0.2) is 27.2 Å². The lowest BCUT2D eigenvalue weighted by Gasteiger charge is -2.24. The van der Waals surface area contributed by atoms with Gasteiger partial charge in [0.05, 0.1) is 6.42 Å². The molecule has 2 atom stereocenters. The molecule has 0 spiro atoms. The zero-order chi connectivity index (χ0) is 19.8. The number of aliphatic carboxylic acids is 1. The highest BCUT2D eigenvalue weighted by Gasteiger charge is 2.40. The molecule has 0 unspecified atom stereocenters. The number of halogens is 4. The molecular weight excluding hydrogens is 405 g/mol. The molecule has 10 heteroatoms. The highest BCUT2D eigenvalue weighted by molar-refractivity contribution is 7.80. The number of pyridine rings is 1. The van der Waals surface area contributed by atoms with E-state index in [9.17, 15) is 18.0 Å². The first kappa shape index (κ1) is 19.5. The summed E-state index contributed by atoms with van der Waals surface area (Å²) in [6.07, 6.45) is -6.59. The first-order chi connectivity index (χ1) is 12.7. The van der Waals surface area contributed by atoms with Crippen LogP contribution < -0.4 is 5.32 Å². The van der Waals surface area contributed by atoms with Gasteiger partial charge in [0.2, 0.25) is 0 Å². The van der Waals surface area contributed by atoms with Crippen LogP contribution in [0.2, 0.25) is 5.02 Å². The van der Waals surface area contributed by atoms with Gasteiger partial charge in [0.1, 0.15) is 17.2 Å². The summed E-state index contributed by atoms with van der Waals surface area (Å²) in [6, 6.07) is 7.12. The molecule has 5 nitrogen and oxygen atoms in total. The Morgan fingerprint density at radius 2 is 2.07 bits per heavy atom. The average Bonchev–Trinajstić information content (AvgIpc) is 2.71. The number of anilines is 1. The summed E-state index contributed by atoms with van der Waals surface area (Å²) in [5.41, 5.74) is -0.686. The Labute approximate surface area is 162 Å². The minimum Gasteiger partial charge on any atom is -0.481 e. The van der Waals surface area contributed by atoms with Crippen molar-refractivity contribution in [3.63, 3.8) is 0 Å². The van der Waals surface area contributed by atoms with Crippen LogP contribution in [0.1, 0.15) is 29.3 Å². The molecule has 0 fully saturated rings. The van der Waals surface area contributed by atoms with Crippen LogP contribution in [0.3, 0.4) is 0 Å². The SMILES string of the molecule is O=C(O)C[C@@H]1O[C@@H](c2cccnc2C(F)(F)F)c2cc(Cl)ccc2NC1=S. The fourth-order valence-corrected chi connectivity index (χ4v) is 3.21. The normalized spacial score (nSPS) is 19.8. The van der Waals surface area contributed by atoms with Crippen LogP contribution in [0.25, 0.3) is 0 Å². The quantitative estimate of drug-likeness (QED) is 0.720. The van der Waals surface area contributed by atoms with E-state index < -0.39 is 36.5 Å². The smallest absolute Gasteiger partial charge is 0.433 e. The van der Waals surface area contributed by atoms with Gasteiger partial charge in [0.25, 0.3) is 0 Å². The molecule has 1 aliphatic heterocycles. The van der Waals surface area contributed by atoms with Crippen molar-refractivity contribution >= 4 is 40.5 Å². The van der Waals surface area contributed by atoms with Crippen molar-refractivity contribution in [1.82, 2.24) is 4.98 Å². The van der Waals surface area contributed by atoms with Crippen molar-refractivity contribution in [3.8, 4) is 0 Å². The number of carbonyl (C=O) groups is 1. The lowest BCUT2D eigenvalue weighted by atomic mass is 9.98. The molecule has 0 saturated carbocycles. The number of thiocarbonyl (C=S) groups is 1. The summed E-state index contributed by atoms with van der Waals surface area (Å²) < 4.78 is 46.1. The van der Waals surface area contributed by atoms with E-state index in [0.29, 0.717) is 11.3 Å². The molecule has 0 bridgehead atoms. The van der Waals surface area contributed by atoms with E-state index in [0.717, 1.165) is 6.20 Å². The number of aromatic nitrogens is 1. The van der Waals surface area contributed by atoms with Crippen molar-refractivity contribution < 1.29 is 27.8 Å². The second-order valence-electron chi connectivity index (χ2n) is 5.76. The third-order valence-corrected chi connectivity index (χ3v) is 4.50. The second-order valence-corrected chi connectivity index (χ2v) is 6.64. The van der Waals surface area contributed by atoms with Crippen molar-refractivity contribution in [3.05, 3.63) is 58.4 Å². The number of carboxylic acids is 1. The first-order valence-electron chi connectivity index (χ1n) is 7.66. The number of rotatable bonds is 3. The van der Waals surface area contributed by atoms with Crippen LogP contribution in [0.4, 0.5) is 18.9 Å². The third kappa shape index (κ3) is 4.20. The first-order valence-corrected chi connectivity index (χ1v) is 8.45. The van der Waals surface area contributed by atoms with Gasteiger partial charge in [-0.2, -0.15) is 13.2 Å². The van der Waals surface area contributed by atoms with E-state index in [1.54, 1.807) is 12.1 Å². The molecule has 2 N–H and O–H groups in total. The Hall–Kier alpha value is -2.23. The van der Waals surface area contributed by atoms with E-state index in [2.05, 4.69) is 10.3 Å². The molecule has 1 aromatic carbocycles. The maximum absolute atomic E-state index is 13.5. The van der Waals surface area contributed by atoms with Crippen LogP contribution in [0, 0.1) is 0 Å². The fraction of sp³-hybridized carbons (Fsp3) is 0.235. The lowest BCUT2D eigenvalue weighted by Crippen LogP contribution is -2.30. The predicted octanol–water partition coefficient (Wildman–Crippen LogP) is 4.46. The summed E-state index contributed by atoms with van der Waals surface area (Å²) in [5, 5.41) is 12.2. The second kappa shape index (κ2) is 7.41. The molecule has 0 radical (unpaired) electrons. The number of benzene rings is 1. The molecule has 27 heavy (non-hydrogen) atoms. The average molecular weight is 417 g/mol. The van der Waals surface area contributed by atoms with Gasteiger partial charge >= 0.3 is 12.1 Å². The maximum Gasteiger partial charge on any atom is 0.433 e. The Balaban J connectivity index is 2.18. The van der Waals surface area contributed by atoms with Crippen molar-refractivity contribution in [2.75, 3.05) is 5.32 Å². The lowest BCUT2D eigenvalue weighted by molar-refractivity contribution is -0.144.